The van der Waals surface area contributed by atoms with Gasteiger partial charge in [0.25, 0.3) is 0 Å². The first kappa shape index (κ1) is 6.85. The van der Waals surface area contributed by atoms with Gasteiger partial charge in [-0.2, -0.15) is 0 Å². The van der Waals surface area contributed by atoms with Gasteiger partial charge in [-0.1, -0.05) is 19.9 Å². The Morgan fingerprint density at radius 1 is 1.67 bits per heavy atom. The van der Waals surface area contributed by atoms with Crippen LogP contribution in [0.1, 0.15) is 33.1 Å². The van der Waals surface area contributed by atoms with Crippen LogP contribution in [-0.4, -0.2) is 0 Å². The van der Waals surface area contributed by atoms with Crippen LogP contribution in [-0.2, 0) is 0 Å². The molecule has 0 spiro atoms. The van der Waals surface area contributed by atoms with Crippen molar-refractivity contribution < 1.29 is 0 Å². The van der Waals surface area contributed by atoms with Crippen molar-refractivity contribution in [2.75, 3.05) is 0 Å². The minimum atomic E-state index is 0.689. The Bertz CT molecular complexity index is 109. The Labute approximate surface area is 58.0 Å². The summed E-state index contributed by atoms with van der Waals surface area (Å²) >= 11 is 0. The van der Waals surface area contributed by atoms with Crippen molar-refractivity contribution in [3.63, 3.8) is 0 Å². The fourth-order valence-electron chi connectivity index (χ4n) is 1.22. The fraction of sp³-hybridized carbons (Fsp3) is 0.778. The molecule has 1 saturated carbocycles. The van der Waals surface area contributed by atoms with E-state index in [9.17, 15) is 0 Å². The van der Waals surface area contributed by atoms with Gasteiger partial charge in [-0.25, -0.2) is 0 Å². The van der Waals surface area contributed by atoms with E-state index in [0.29, 0.717) is 5.41 Å². The summed E-state index contributed by atoms with van der Waals surface area (Å²) in [6, 6.07) is 0. The molecule has 1 rings (SSSR count). The second-order valence-electron chi connectivity index (χ2n) is 3.58. The normalized spacial score (nSPS) is 25.1. The molecule has 1 aliphatic carbocycles. The van der Waals surface area contributed by atoms with Gasteiger partial charge in [-0.05, 0) is 30.6 Å². The molecule has 0 aromatic carbocycles. The van der Waals surface area contributed by atoms with Gasteiger partial charge in [-0.3, -0.25) is 0 Å². The molecule has 52 valence electrons. The molecule has 0 heteroatoms. The van der Waals surface area contributed by atoms with Crippen molar-refractivity contribution in [2.24, 2.45) is 11.3 Å². The van der Waals surface area contributed by atoms with Crippen molar-refractivity contribution >= 4 is 0 Å². The van der Waals surface area contributed by atoms with E-state index in [-0.39, 0.29) is 0 Å². The van der Waals surface area contributed by atoms with E-state index in [2.05, 4.69) is 20.4 Å². The van der Waals surface area contributed by atoms with Gasteiger partial charge in [0, 0.05) is 0 Å². The quantitative estimate of drug-likeness (QED) is 0.507. The molecule has 0 saturated heterocycles. The zero-order chi connectivity index (χ0) is 6.91. The van der Waals surface area contributed by atoms with Gasteiger partial charge in [0.05, 0.1) is 0 Å². The summed E-state index contributed by atoms with van der Waals surface area (Å²) in [6.07, 6.45) is 6.09. The highest BCUT2D eigenvalue weighted by atomic mass is 14.5. The third kappa shape index (κ3) is 1.35. The van der Waals surface area contributed by atoms with E-state index in [0.717, 1.165) is 5.92 Å². The molecule has 0 aliphatic heterocycles. The summed E-state index contributed by atoms with van der Waals surface area (Å²) in [6.45, 7) is 8.45. The van der Waals surface area contributed by atoms with Gasteiger partial charge in [0.15, 0.2) is 0 Å². The van der Waals surface area contributed by atoms with Crippen LogP contribution >= 0.6 is 0 Å². The Balaban J connectivity index is 2.32. The second kappa shape index (κ2) is 2.17. The van der Waals surface area contributed by atoms with Gasteiger partial charge < -0.3 is 0 Å². The first-order valence-corrected chi connectivity index (χ1v) is 3.80. The van der Waals surface area contributed by atoms with Crippen LogP contribution in [0.5, 0.6) is 0 Å². The Kier molecular flexibility index (Phi) is 1.65. The van der Waals surface area contributed by atoms with E-state index < -0.39 is 0 Å². The van der Waals surface area contributed by atoms with Gasteiger partial charge >= 0.3 is 0 Å². The maximum absolute atomic E-state index is 3.74. The van der Waals surface area contributed by atoms with E-state index in [1.165, 1.54) is 19.3 Å². The van der Waals surface area contributed by atoms with Crippen molar-refractivity contribution in [2.45, 2.75) is 33.1 Å². The molecule has 0 N–H and O–H groups in total. The summed E-state index contributed by atoms with van der Waals surface area (Å²) in [4.78, 5) is 0. The molecule has 1 unspecified atom stereocenters. The lowest BCUT2D eigenvalue weighted by molar-refractivity contribution is 0.368. The number of hydrogen-bond acceptors (Lipinski definition) is 0. The lowest BCUT2D eigenvalue weighted by Crippen LogP contribution is -2.06. The van der Waals surface area contributed by atoms with Crippen LogP contribution in [0.15, 0.2) is 12.7 Å². The van der Waals surface area contributed by atoms with Crippen LogP contribution in [0.2, 0.25) is 0 Å². The molecule has 0 heterocycles. The molecule has 0 aromatic rings. The molecule has 1 aliphatic rings. The summed E-state index contributed by atoms with van der Waals surface area (Å²) in [5.41, 5.74) is 0.689. The number of rotatable bonds is 3. The third-order valence-corrected chi connectivity index (χ3v) is 2.75. The van der Waals surface area contributed by atoms with Crippen molar-refractivity contribution in [3.05, 3.63) is 12.7 Å². The summed E-state index contributed by atoms with van der Waals surface area (Å²) in [5, 5.41) is 0. The van der Waals surface area contributed by atoms with Crippen molar-refractivity contribution in [1.82, 2.24) is 0 Å². The standard InChI is InChI=1S/C9H16/c1-4-5-8(2)9(3)6-7-9/h4,8H,1,5-7H2,2-3H3. The third-order valence-electron chi connectivity index (χ3n) is 2.75. The highest BCUT2D eigenvalue weighted by Crippen LogP contribution is 2.52. The van der Waals surface area contributed by atoms with E-state index in [4.69, 9.17) is 0 Å². The molecule has 0 bridgehead atoms. The summed E-state index contributed by atoms with van der Waals surface area (Å²) < 4.78 is 0. The van der Waals surface area contributed by atoms with Crippen molar-refractivity contribution in [1.29, 1.82) is 0 Å². The largest absolute Gasteiger partial charge is 0.103 e. The van der Waals surface area contributed by atoms with Gasteiger partial charge in [-0.15, -0.1) is 6.58 Å². The molecule has 9 heavy (non-hydrogen) atoms. The lowest BCUT2D eigenvalue weighted by atomic mass is 9.90. The topological polar surface area (TPSA) is 0 Å². The van der Waals surface area contributed by atoms with Crippen LogP contribution in [0.25, 0.3) is 0 Å². The van der Waals surface area contributed by atoms with Crippen molar-refractivity contribution in [3.8, 4) is 0 Å². The van der Waals surface area contributed by atoms with Crippen LogP contribution in [0.4, 0.5) is 0 Å². The highest BCUT2D eigenvalue weighted by Gasteiger charge is 2.41. The predicted molar refractivity (Wildman–Crippen MR) is 41.3 cm³/mol. The fourth-order valence-corrected chi connectivity index (χ4v) is 1.22. The highest BCUT2D eigenvalue weighted by molar-refractivity contribution is 4.94. The van der Waals surface area contributed by atoms with Crippen LogP contribution in [0, 0.1) is 11.3 Å². The van der Waals surface area contributed by atoms with Crippen LogP contribution < -0.4 is 0 Å². The zero-order valence-electron chi connectivity index (χ0n) is 6.48. The van der Waals surface area contributed by atoms with E-state index in [1.54, 1.807) is 0 Å². The Morgan fingerprint density at radius 2 is 2.22 bits per heavy atom. The first-order valence-electron chi connectivity index (χ1n) is 3.80. The number of allylic oxidation sites excluding steroid dienone is 1. The molecule has 0 amide bonds. The Morgan fingerprint density at radius 3 is 2.56 bits per heavy atom. The molecular weight excluding hydrogens is 108 g/mol. The SMILES string of the molecule is C=CCC(C)C1(C)CC1. The van der Waals surface area contributed by atoms with Gasteiger partial charge in [0.2, 0.25) is 0 Å². The molecule has 1 fully saturated rings. The molecule has 0 radical (unpaired) electrons. The first-order chi connectivity index (χ1) is 4.19. The van der Waals surface area contributed by atoms with Gasteiger partial charge in [0.1, 0.15) is 0 Å². The maximum atomic E-state index is 3.74. The smallest absolute Gasteiger partial charge is 0.0297 e. The van der Waals surface area contributed by atoms with E-state index in [1.807, 2.05) is 6.08 Å². The minimum absolute atomic E-state index is 0.689. The van der Waals surface area contributed by atoms with E-state index >= 15 is 0 Å². The van der Waals surface area contributed by atoms with Crippen LogP contribution in [0.3, 0.4) is 0 Å². The zero-order valence-corrected chi connectivity index (χ0v) is 6.48. The summed E-state index contributed by atoms with van der Waals surface area (Å²) in [7, 11) is 0. The molecule has 0 nitrogen and oxygen atoms in total. The average Bonchev–Trinajstić information content (AvgIpc) is 2.50. The summed E-state index contributed by atoms with van der Waals surface area (Å²) in [5.74, 6) is 0.856. The second-order valence-corrected chi connectivity index (χ2v) is 3.58. The lowest BCUT2D eigenvalue weighted by Gasteiger charge is -2.15. The number of hydrogen-bond donors (Lipinski definition) is 0. The molecule has 1 atom stereocenters. The predicted octanol–water partition coefficient (Wildman–Crippen LogP) is 3.00. The molecule has 0 aromatic heterocycles. The Hall–Kier alpha value is -0.260. The molecular formula is C9H16. The monoisotopic (exact) mass is 124 g/mol. The minimum Gasteiger partial charge on any atom is -0.103 e. The average molecular weight is 124 g/mol. The maximum Gasteiger partial charge on any atom is -0.0297 e.